The van der Waals surface area contributed by atoms with Crippen LogP contribution in [0.2, 0.25) is 0 Å². The van der Waals surface area contributed by atoms with Gasteiger partial charge in [-0.2, -0.15) is 0 Å². The molecule has 1 aliphatic heterocycles. The Morgan fingerprint density at radius 3 is 1.93 bits per heavy atom. The van der Waals surface area contributed by atoms with Gasteiger partial charge < -0.3 is 10.2 Å². The van der Waals surface area contributed by atoms with Crippen LogP contribution in [0.15, 0.2) is 54.6 Å². The maximum atomic E-state index is 12.9. The van der Waals surface area contributed by atoms with Crippen LogP contribution in [0, 0.1) is 0 Å². The second-order valence-corrected chi connectivity index (χ2v) is 6.66. The first-order chi connectivity index (χ1) is 14.0. The highest BCUT2D eigenvalue weighted by atomic mass is 16.2. The summed E-state index contributed by atoms with van der Waals surface area (Å²) in [5, 5.41) is 2.70. The van der Waals surface area contributed by atoms with Crippen molar-refractivity contribution in [2.45, 2.75) is 19.9 Å². The molecule has 2 aromatic rings. The van der Waals surface area contributed by atoms with Gasteiger partial charge in [-0.3, -0.25) is 24.1 Å². The van der Waals surface area contributed by atoms with Gasteiger partial charge in [-0.05, 0) is 31.5 Å². The monoisotopic (exact) mass is 393 g/mol. The van der Waals surface area contributed by atoms with Crippen LogP contribution in [0.4, 0.5) is 0 Å². The van der Waals surface area contributed by atoms with Crippen LogP contribution >= 0.6 is 0 Å². The molecule has 0 spiro atoms. The quantitative estimate of drug-likeness (QED) is 0.729. The van der Waals surface area contributed by atoms with Crippen LogP contribution < -0.4 is 5.32 Å². The molecule has 0 fully saturated rings. The summed E-state index contributed by atoms with van der Waals surface area (Å²) in [6.07, 6.45) is 0. The highest BCUT2D eigenvalue weighted by Gasteiger charge is 2.37. The van der Waals surface area contributed by atoms with Crippen molar-refractivity contribution in [2.24, 2.45) is 0 Å². The third-order valence-electron chi connectivity index (χ3n) is 4.94. The standard InChI is InChI=1S/C22H23N3O4/c1-3-24(4-2)22(29)19(15-10-6-5-7-11-15)23-18(26)14-25-20(27)16-12-8-9-13-17(16)21(25)28/h5-13,19H,3-4,14H2,1-2H3,(H,23,26)/t19-/m0/s1. The average Bonchev–Trinajstić information content (AvgIpc) is 2.98. The van der Waals surface area contributed by atoms with Gasteiger partial charge in [0.15, 0.2) is 0 Å². The minimum atomic E-state index is -0.890. The van der Waals surface area contributed by atoms with Crippen LogP contribution in [0.25, 0.3) is 0 Å². The van der Waals surface area contributed by atoms with E-state index < -0.39 is 30.3 Å². The van der Waals surface area contributed by atoms with E-state index in [1.807, 2.05) is 19.9 Å². The number of hydrogen-bond acceptors (Lipinski definition) is 4. The molecule has 3 rings (SSSR count). The third kappa shape index (κ3) is 4.03. The van der Waals surface area contributed by atoms with Gasteiger partial charge in [0.2, 0.25) is 11.8 Å². The number of hydrogen-bond donors (Lipinski definition) is 1. The molecule has 0 bridgehead atoms. The lowest BCUT2D eigenvalue weighted by Crippen LogP contribution is -2.46. The molecular weight excluding hydrogens is 370 g/mol. The molecule has 0 radical (unpaired) electrons. The predicted octanol–water partition coefficient (Wildman–Crippen LogP) is 2.01. The maximum absolute atomic E-state index is 12.9. The number of nitrogens with one attached hydrogen (secondary N) is 1. The van der Waals surface area contributed by atoms with Gasteiger partial charge in [-0.1, -0.05) is 42.5 Å². The normalized spacial score (nSPS) is 13.8. The Labute approximate surface area is 169 Å². The molecule has 2 aromatic carbocycles. The molecule has 29 heavy (non-hydrogen) atoms. The van der Waals surface area contributed by atoms with Crippen LogP contribution in [0.1, 0.15) is 46.2 Å². The number of imide groups is 1. The summed E-state index contributed by atoms with van der Waals surface area (Å²) in [5.41, 5.74) is 1.20. The fraction of sp³-hybridized carbons (Fsp3) is 0.273. The molecule has 1 N–H and O–H groups in total. The zero-order chi connectivity index (χ0) is 21.0. The van der Waals surface area contributed by atoms with E-state index in [1.165, 1.54) is 0 Å². The average molecular weight is 393 g/mol. The highest BCUT2D eigenvalue weighted by Crippen LogP contribution is 2.22. The fourth-order valence-corrected chi connectivity index (χ4v) is 3.38. The summed E-state index contributed by atoms with van der Waals surface area (Å²) in [6, 6.07) is 14.5. The van der Waals surface area contributed by atoms with Crippen molar-refractivity contribution in [3.05, 3.63) is 71.3 Å². The molecule has 1 aliphatic rings. The molecular formula is C22H23N3O4. The van der Waals surface area contributed by atoms with Crippen molar-refractivity contribution >= 4 is 23.6 Å². The molecule has 1 atom stereocenters. The lowest BCUT2D eigenvalue weighted by Gasteiger charge is -2.26. The van der Waals surface area contributed by atoms with Crippen LogP contribution in [-0.2, 0) is 9.59 Å². The summed E-state index contributed by atoms with van der Waals surface area (Å²) in [5.74, 6) is -1.83. The Kier molecular flexibility index (Phi) is 6.07. The molecule has 150 valence electrons. The van der Waals surface area contributed by atoms with Crippen molar-refractivity contribution in [3.8, 4) is 0 Å². The van der Waals surface area contributed by atoms with E-state index in [0.717, 1.165) is 4.90 Å². The second kappa shape index (κ2) is 8.68. The number of carbonyl (C=O) groups is 4. The Bertz CT molecular complexity index is 903. The first kappa shape index (κ1) is 20.3. The lowest BCUT2D eigenvalue weighted by molar-refractivity contribution is -0.136. The van der Waals surface area contributed by atoms with Crippen LogP contribution in [0.5, 0.6) is 0 Å². The van der Waals surface area contributed by atoms with E-state index in [9.17, 15) is 19.2 Å². The summed E-state index contributed by atoms with van der Waals surface area (Å²) in [4.78, 5) is 53.1. The van der Waals surface area contributed by atoms with Crippen molar-refractivity contribution < 1.29 is 19.2 Å². The second-order valence-electron chi connectivity index (χ2n) is 6.66. The first-order valence-corrected chi connectivity index (χ1v) is 9.56. The maximum Gasteiger partial charge on any atom is 0.262 e. The van der Waals surface area contributed by atoms with Gasteiger partial charge in [0.1, 0.15) is 12.6 Å². The van der Waals surface area contributed by atoms with Gasteiger partial charge in [-0.25, -0.2) is 0 Å². The minimum absolute atomic E-state index is 0.239. The molecule has 0 saturated carbocycles. The van der Waals surface area contributed by atoms with E-state index in [-0.39, 0.29) is 17.0 Å². The van der Waals surface area contributed by atoms with Crippen molar-refractivity contribution in [1.29, 1.82) is 0 Å². The molecule has 7 heteroatoms. The van der Waals surface area contributed by atoms with E-state index in [4.69, 9.17) is 0 Å². The Hall–Kier alpha value is -3.48. The topological polar surface area (TPSA) is 86.8 Å². The number of benzene rings is 2. The Morgan fingerprint density at radius 2 is 1.41 bits per heavy atom. The number of amides is 4. The van der Waals surface area contributed by atoms with Crippen LogP contribution in [0.3, 0.4) is 0 Å². The summed E-state index contributed by atoms with van der Waals surface area (Å²) in [7, 11) is 0. The van der Waals surface area contributed by atoms with E-state index in [2.05, 4.69) is 5.32 Å². The van der Waals surface area contributed by atoms with E-state index >= 15 is 0 Å². The molecule has 0 saturated heterocycles. The molecule has 0 aromatic heterocycles. The highest BCUT2D eigenvalue weighted by molar-refractivity contribution is 6.22. The zero-order valence-electron chi connectivity index (χ0n) is 16.4. The van der Waals surface area contributed by atoms with Crippen molar-refractivity contribution in [3.63, 3.8) is 0 Å². The largest absolute Gasteiger partial charge is 0.341 e. The molecule has 7 nitrogen and oxygen atoms in total. The van der Waals surface area contributed by atoms with Gasteiger partial charge in [-0.15, -0.1) is 0 Å². The van der Waals surface area contributed by atoms with Crippen LogP contribution in [-0.4, -0.2) is 53.1 Å². The predicted molar refractivity (Wildman–Crippen MR) is 107 cm³/mol. The number of rotatable bonds is 7. The lowest BCUT2D eigenvalue weighted by atomic mass is 10.1. The number of likely N-dealkylation sites (N-methyl/N-ethyl adjacent to an activating group) is 1. The first-order valence-electron chi connectivity index (χ1n) is 9.56. The van der Waals surface area contributed by atoms with Crippen molar-refractivity contribution in [1.82, 2.24) is 15.1 Å². The third-order valence-corrected chi connectivity index (χ3v) is 4.94. The Morgan fingerprint density at radius 1 is 0.897 bits per heavy atom. The van der Waals surface area contributed by atoms with E-state index in [1.54, 1.807) is 53.4 Å². The molecule has 1 heterocycles. The SMILES string of the molecule is CCN(CC)C(=O)[C@@H](NC(=O)CN1C(=O)c2ccccc2C1=O)c1ccccc1. The summed E-state index contributed by atoms with van der Waals surface area (Å²) >= 11 is 0. The Balaban J connectivity index is 1.78. The smallest absolute Gasteiger partial charge is 0.262 e. The number of fused-ring (bicyclic) bond motifs is 1. The summed E-state index contributed by atoms with van der Waals surface area (Å²) < 4.78 is 0. The number of nitrogens with zero attached hydrogens (tertiary/aromatic N) is 2. The molecule has 4 amide bonds. The minimum Gasteiger partial charge on any atom is -0.341 e. The zero-order valence-corrected chi connectivity index (χ0v) is 16.4. The van der Waals surface area contributed by atoms with Gasteiger partial charge in [0.05, 0.1) is 11.1 Å². The summed E-state index contributed by atoms with van der Waals surface area (Å²) in [6.45, 7) is 4.30. The van der Waals surface area contributed by atoms with Crippen molar-refractivity contribution in [2.75, 3.05) is 19.6 Å². The number of carbonyl (C=O) groups excluding carboxylic acids is 4. The molecule has 0 aliphatic carbocycles. The molecule has 0 unspecified atom stereocenters. The van der Waals surface area contributed by atoms with Gasteiger partial charge in [0.25, 0.3) is 11.8 Å². The fourth-order valence-electron chi connectivity index (χ4n) is 3.38. The van der Waals surface area contributed by atoms with Gasteiger partial charge in [0, 0.05) is 13.1 Å². The van der Waals surface area contributed by atoms with E-state index in [0.29, 0.717) is 18.7 Å². The van der Waals surface area contributed by atoms with Gasteiger partial charge >= 0.3 is 0 Å².